The Morgan fingerprint density at radius 3 is 2.75 bits per heavy atom. The summed E-state index contributed by atoms with van der Waals surface area (Å²) in [6, 6.07) is 15.2. The van der Waals surface area contributed by atoms with Gasteiger partial charge in [0.2, 0.25) is 5.88 Å². The van der Waals surface area contributed by atoms with E-state index in [0.717, 1.165) is 29.6 Å². The first kappa shape index (κ1) is 18.2. The minimum atomic E-state index is -0.0994. The highest BCUT2D eigenvalue weighted by Gasteiger charge is 2.26. The molecule has 28 heavy (non-hydrogen) atoms. The summed E-state index contributed by atoms with van der Waals surface area (Å²) in [5, 5.41) is 9.29. The summed E-state index contributed by atoms with van der Waals surface area (Å²) < 4.78 is 5.97. The van der Waals surface area contributed by atoms with Gasteiger partial charge in [-0.25, -0.2) is 4.98 Å². The molecule has 3 aromatic rings. The number of piperidine rings is 1. The number of carbonyl (C=O) groups excluding carboxylic acids is 1. The highest BCUT2D eigenvalue weighted by Crippen LogP contribution is 2.20. The molecule has 2 aromatic heterocycles. The Hall–Kier alpha value is -3.22. The second-order valence-corrected chi connectivity index (χ2v) is 7.15. The zero-order chi connectivity index (χ0) is 19.5. The van der Waals surface area contributed by atoms with E-state index in [4.69, 9.17) is 4.74 Å². The van der Waals surface area contributed by atoms with Gasteiger partial charge in [-0.15, -0.1) is 10.2 Å². The number of carbonyl (C=O) groups is 1. The molecule has 144 valence electrons. The van der Waals surface area contributed by atoms with Crippen LogP contribution in [0.1, 0.15) is 23.3 Å². The molecule has 0 radical (unpaired) electrons. The van der Waals surface area contributed by atoms with Gasteiger partial charge in [0, 0.05) is 32.1 Å². The molecule has 1 unspecified atom stereocenters. The van der Waals surface area contributed by atoms with Crippen molar-refractivity contribution in [3.05, 3.63) is 54.2 Å². The number of hydrogen-bond donors (Lipinski definition) is 0. The molecular weight excluding hydrogens is 354 g/mol. The van der Waals surface area contributed by atoms with E-state index in [1.54, 1.807) is 6.07 Å². The van der Waals surface area contributed by atoms with Crippen molar-refractivity contribution >= 4 is 22.6 Å². The van der Waals surface area contributed by atoms with Gasteiger partial charge in [-0.1, -0.05) is 24.3 Å². The number of likely N-dealkylation sites (tertiary alicyclic amines) is 1. The van der Waals surface area contributed by atoms with Crippen molar-refractivity contribution in [2.24, 2.45) is 0 Å². The van der Waals surface area contributed by atoms with Gasteiger partial charge in [0.25, 0.3) is 5.91 Å². The molecule has 1 saturated heterocycles. The van der Waals surface area contributed by atoms with E-state index in [1.807, 2.05) is 66.4 Å². The fourth-order valence-electron chi connectivity index (χ4n) is 3.35. The van der Waals surface area contributed by atoms with Gasteiger partial charge in [0.05, 0.1) is 12.1 Å². The van der Waals surface area contributed by atoms with Crippen LogP contribution in [0.4, 0.5) is 5.82 Å². The Bertz CT molecular complexity index is 974. The summed E-state index contributed by atoms with van der Waals surface area (Å²) in [5.41, 5.74) is 1.30. The van der Waals surface area contributed by atoms with Crippen molar-refractivity contribution < 1.29 is 9.53 Å². The molecule has 1 atom stereocenters. The average Bonchev–Trinajstić information content (AvgIpc) is 2.73. The van der Waals surface area contributed by atoms with Crippen molar-refractivity contribution in [3.63, 3.8) is 0 Å². The third kappa shape index (κ3) is 3.88. The van der Waals surface area contributed by atoms with E-state index < -0.39 is 0 Å². The summed E-state index contributed by atoms with van der Waals surface area (Å²) in [6.07, 6.45) is 1.66. The number of fused-ring (bicyclic) bond motifs is 1. The van der Waals surface area contributed by atoms with Gasteiger partial charge in [-0.05, 0) is 31.0 Å². The summed E-state index contributed by atoms with van der Waals surface area (Å²) >= 11 is 0. The van der Waals surface area contributed by atoms with Crippen molar-refractivity contribution in [2.45, 2.75) is 18.9 Å². The molecular formula is C21H23N5O2. The number of benzene rings is 1. The molecule has 0 spiro atoms. The molecule has 1 aliphatic rings. The van der Waals surface area contributed by atoms with E-state index in [1.165, 1.54) is 0 Å². The highest BCUT2D eigenvalue weighted by atomic mass is 16.5. The van der Waals surface area contributed by atoms with Crippen LogP contribution in [-0.2, 0) is 0 Å². The Morgan fingerprint density at radius 1 is 1.11 bits per heavy atom. The Balaban J connectivity index is 1.44. The molecule has 0 N–H and O–H groups in total. The van der Waals surface area contributed by atoms with Gasteiger partial charge >= 0.3 is 0 Å². The maximum Gasteiger partial charge on any atom is 0.272 e. The van der Waals surface area contributed by atoms with E-state index in [2.05, 4.69) is 15.2 Å². The van der Waals surface area contributed by atoms with Crippen molar-refractivity contribution in [2.75, 3.05) is 32.1 Å². The van der Waals surface area contributed by atoms with Crippen molar-refractivity contribution in [1.82, 2.24) is 20.1 Å². The SMILES string of the molecule is CN(C)c1ccc(OC2CCCN(C(=O)c3ccc4ccccc4n3)C2)nn1. The zero-order valence-corrected chi connectivity index (χ0v) is 16.1. The maximum atomic E-state index is 12.9. The Labute approximate surface area is 164 Å². The van der Waals surface area contributed by atoms with Crippen LogP contribution in [0.2, 0.25) is 0 Å². The quantitative estimate of drug-likeness (QED) is 0.696. The molecule has 0 saturated carbocycles. The number of ether oxygens (including phenoxy) is 1. The highest BCUT2D eigenvalue weighted by molar-refractivity contribution is 5.95. The van der Waals surface area contributed by atoms with Gasteiger partial charge in [-0.3, -0.25) is 4.79 Å². The standard InChI is InChI=1S/C21H23N5O2/c1-25(2)19-11-12-20(24-23-19)28-16-7-5-13-26(14-16)21(27)18-10-9-15-6-3-4-8-17(15)22-18/h3-4,6,8-12,16H,5,7,13-14H2,1-2H3. The second kappa shape index (κ2) is 7.80. The predicted octanol–water partition coefficient (Wildman–Crippen LogP) is 2.77. The first-order valence-electron chi connectivity index (χ1n) is 9.43. The molecule has 1 aliphatic heterocycles. The summed E-state index contributed by atoms with van der Waals surface area (Å²) in [6.45, 7) is 1.23. The smallest absolute Gasteiger partial charge is 0.272 e. The summed E-state index contributed by atoms with van der Waals surface area (Å²) in [4.78, 5) is 21.2. The summed E-state index contributed by atoms with van der Waals surface area (Å²) in [7, 11) is 3.83. The molecule has 4 rings (SSSR count). The molecule has 1 aromatic carbocycles. The lowest BCUT2D eigenvalue weighted by molar-refractivity contribution is 0.0521. The number of amides is 1. The Morgan fingerprint density at radius 2 is 1.96 bits per heavy atom. The lowest BCUT2D eigenvalue weighted by atomic mass is 10.1. The molecule has 0 bridgehead atoms. The number of hydrogen-bond acceptors (Lipinski definition) is 6. The molecule has 3 heterocycles. The number of aromatic nitrogens is 3. The van der Waals surface area contributed by atoms with E-state index >= 15 is 0 Å². The van der Waals surface area contributed by atoms with Gasteiger partial charge in [0.1, 0.15) is 11.8 Å². The van der Waals surface area contributed by atoms with Gasteiger partial charge in [0.15, 0.2) is 5.82 Å². The molecule has 1 fully saturated rings. The minimum absolute atomic E-state index is 0.0620. The fourth-order valence-corrected chi connectivity index (χ4v) is 3.35. The monoisotopic (exact) mass is 377 g/mol. The largest absolute Gasteiger partial charge is 0.471 e. The number of anilines is 1. The minimum Gasteiger partial charge on any atom is -0.471 e. The normalized spacial score (nSPS) is 16.8. The van der Waals surface area contributed by atoms with Crippen LogP contribution >= 0.6 is 0 Å². The average molecular weight is 377 g/mol. The molecule has 7 heteroatoms. The van der Waals surface area contributed by atoms with Crippen LogP contribution < -0.4 is 9.64 Å². The fraction of sp³-hybridized carbons (Fsp3) is 0.333. The lowest BCUT2D eigenvalue weighted by Gasteiger charge is -2.32. The summed E-state index contributed by atoms with van der Waals surface area (Å²) in [5.74, 6) is 1.19. The first-order chi connectivity index (χ1) is 13.6. The zero-order valence-electron chi connectivity index (χ0n) is 16.1. The van der Waals surface area contributed by atoms with E-state index in [0.29, 0.717) is 24.7 Å². The lowest BCUT2D eigenvalue weighted by Crippen LogP contribution is -2.44. The number of nitrogens with zero attached hydrogens (tertiary/aromatic N) is 5. The van der Waals surface area contributed by atoms with Crippen LogP contribution in [0.25, 0.3) is 10.9 Å². The predicted molar refractivity (Wildman–Crippen MR) is 108 cm³/mol. The Kier molecular flexibility index (Phi) is 5.06. The first-order valence-corrected chi connectivity index (χ1v) is 9.43. The molecule has 0 aliphatic carbocycles. The van der Waals surface area contributed by atoms with Crippen molar-refractivity contribution in [1.29, 1.82) is 0 Å². The number of rotatable bonds is 4. The van der Waals surface area contributed by atoms with Crippen LogP contribution in [-0.4, -0.2) is 59.3 Å². The van der Waals surface area contributed by atoms with Crippen molar-refractivity contribution in [3.8, 4) is 5.88 Å². The molecule has 1 amide bonds. The number of pyridine rings is 1. The maximum absolute atomic E-state index is 12.9. The third-order valence-electron chi connectivity index (χ3n) is 4.85. The van der Waals surface area contributed by atoms with E-state index in [-0.39, 0.29) is 12.0 Å². The van der Waals surface area contributed by atoms with Crippen LogP contribution in [0.3, 0.4) is 0 Å². The van der Waals surface area contributed by atoms with Gasteiger partial charge in [-0.2, -0.15) is 0 Å². The van der Waals surface area contributed by atoms with E-state index in [9.17, 15) is 4.79 Å². The third-order valence-corrected chi connectivity index (χ3v) is 4.85. The van der Waals surface area contributed by atoms with Gasteiger partial charge < -0.3 is 14.5 Å². The molecule has 7 nitrogen and oxygen atoms in total. The van der Waals surface area contributed by atoms with Crippen LogP contribution in [0, 0.1) is 0 Å². The second-order valence-electron chi connectivity index (χ2n) is 7.15. The topological polar surface area (TPSA) is 71.5 Å². The number of para-hydroxylation sites is 1. The van der Waals surface area contributed by atoms with Crippen LogP contribution in [0.15, 0.2) is 48.5 Å². The van der Waals surface area contributed by atoms with Crippen LogP contribution in [0.5, 0.6) is 5.88 Å².